The maximum absolute atomic E-state index is 12.5. The van der Waals surface area contributed by atoms with Crippen LogP contribution in [0.2, 0.25) is 0 Å². The lowest BCUT2D eigenvalue weighted by molar-refractivity contribution is -0.205. The Morgan fingerprint density at radius 3 is 2.44 bits per heavy atom. The van der Waals surface area contributed by atoms with E-state index in [1.807, 2.05) is 4.90 Å². The van der Waals surface area contributed by atoms with Crippen LogP contribution in [-0.4, -0.2) is 29.4 Å². The lowest BCUT2D eigenvalue weighted by Gasteiger charge is -2.25. The Kier molecular flexibility index (Phi) is 3.82. The average molecular weight is 280 g/mol. The molecule has 1 aromatic heterocycles. The molecule has 0 aliphatic carbocycles. The number of hydrogen-bond acceptors (Lipinski definition) is 4. The summed E-state index contributed by atoms with van der Waals surface area (Å²) >= 11 is 0.946. The van der Waals surface area contributed by atoms with Crippen molar-refractivity contribution < 1.29 is 18.3 Å². The lowest BCUT2D eigenvalue weighted by atomic mass is 10.1. The van der Waals surface area contributed by atoms with Crippen LogP contribution < -0.4 is 4.90 Å². The summed E-state index contributed by atoms with van der Waals surface area (Å²) in [5, 5.41) is 9.86. The van der Waals surface area contributed by atoms with Crippen molar-refractivity contribution in [1.82, 2.24) is 4.98 Å². The molecule has 1 aromatic rings. The maximum atomic E-state index is 12.5. The molecule has 102 valence electrons. The van der Waals surface area contributed by atoms with Gasteiger partial charge in [-0.15, -0.1) is 0 Å². The van der Waals surface area contributed by atoms with Gasteiger partial charge in [-0.25, -0.2) is 4.98 Å². The minimum absolute atomic E-state index is 0.0944. The molecule has 1 N–H and O–H groups in total. The summed E-state index contributed by atoms with van der Waals surface area (Å²) in [4.78, 5) is 6.05. The van der Waals surface area contributed by atoms with Crippen molar-refractivity contribution in [3.05, 3.63) is 10.6 Å². The Hall–Kier alpha value is -0.820. The Labute approximate surface area is 107 Å². The van der Waals surface area contributed by atoms with E-state index in [9.17, 15) is 18.3 Å². The van der Waals surface area contributed by atoms with Gasteiger partial charge in [0.1, 0.15) is 0 Å². The number of alkyl halides is 3. The number of halogens is 3. The number of thiazole rings is 1. The molecule has 1 aliphatic heterocycles. The van der Waals surface area contributed by atoms with Gasteiger partial charge in [-0.3, -0.25) is 0 Å². The van der Waals surface area contributed by atoms with E-state index in [4.69, 9.17) is 0 Å². The molecule has 3 nitrogen and oxygen atoms in total. The molecule has 2 rings (SSSR count). The predicted molar refractivity (Wildman–Crippen MR) is 63.9 cm³/mol. The maximum Gasteiger partial charge on any atom is 0.419 e. The summed E-state index contributed by atoms with van der Waals surface area (Å²) < 4.78 is 37.4. The lowest BCUT2D eigenvalue weighted by Crippen LogP contribution is -2.29. The van der Waals surface area contributed by atoms with Gasteiger partial charge in [0.05, 0.1) is 10.6 Å². The Morgan fingerprint density at radius 1 is 1.28 bits per heavy atom. The first-order valence-electron chi connectivity index (χ1n) is 5.86. The van der Waals surface area contributed by atoms with E-state index in [2.05, 4.69) is 4.98 Å². The Balaban J connectivity index is 2.21. The minimum Gasteiger partial charge on any atom is -0.379 e. The molecule has 0 spiro atoms. The summed E-state index contributed by atoms with van der Waals surface area (Å²) in [6.45, 7) is 3.16. The molecule has 7 heteroatoms. The van der Waals surface area contributed by atoms with E-state index in [0.29, 0.717) is 5.13 Å². The zero-order valence-corrected chi connectivity index (χ0v) is 10.8. The van der Waals surface area contributed by atoms with E-state index < -0.39 is 12.3 Å². The smallest absolute Gasteiger partial charge is 0.379 e. The third kappa shape index (κ3) is 2.77. The molecule has 0 saturated carbocycles. The summed E-state index contributed by atoms with van der Waals surface area (Å²) in [5.74, 6) is 0. The number of aryl methyl sites for hydroxylation is 1. The normalized spacial score (nSPS) is 19.1. The summed E-state index contributed by atoms with van der Waals surface area (Å²) in [7, 11) is 0. The number of hydrogen-bond donors (Lipinski definition) is 1. The van der Waals surface area contributed by atoms with E-state index in [-0.39, 0.29) is 10.6 Å². The predicted octanol–water partition coefficient (Wildman–Crippen LogP) is 3.04. The molecule has 0 aromatic carbocycles. The molecule has 0 bridgehead atoms. The van der Waals surface area contributed by atoms with Crippen LogP contribution in [-0.2, 0) is 0 Å². The molecular weight excluding hydrogens is 265 g/mol. The van der Waals surface area contributed by atoms with E-state index in [1.54, 1.807) is 0 Å². The highest BCUT2D eigenvalue weighted by Gasteiger charge is 2.41. The average Bonchev–Trinajstić information content (AvgIpc) is 2.70. The number of aliphatic hydroxyl groups is 1. The van der Waals surface area contributed by atoms with Crippen molar-refractivity contribution in [3.8, 4) is 0 Å². The third-order valence-corrected chi connectivity index (χ3v) is 4.28. The number of aliphatic hydroxyl groups excluding tert-OH is 1. The quantitative estimate of drug-likeness (QED) is 0.904. The number of rotatable bonds is 2. The zero-order chi connectivity index (χ0) is 13.3. The van der Waals surface area contributed by atoms with Crippen LogP contribution in [0.3, 0.4) is 0 Å². The van der Waals surface area contributed by atoms with Crippen LogP contribution in [0.4, 0.5) is 18.3 Å². The topological polar surface area (TPSA) is 36.4 Å². The summed E-state index contributed by atoms with van der Waals surface area (Å²) in [6.07, 6.45) is -3.82. The van der Waals surface area contributed by atoms with Gasteiger partial charge in [-0.1, -0.05) is 11.3 Å². The van der Waals surface area contributed by atoms with Gasteiger partial charge in [0.15, 0.2) is 11.2 Å². The first-order chi connectivity index (χ1) is 8.39. The molecule has 1 fully saturated rings. The molecule has 1 aliphatic rings. The summed E-state index contributed by atoms with van der Waals surface area (Å²) in [6, 6.07) is 0. The van der Waals surface area contributed by atoms with E-state index in [1.165, 1.54) is 6.92 Å². The van der Waals surface area contributed by atoms with Crippen LogP contribution in [0.25, 0.3) is 0 Å². The van der Waals surface area contributed by atoms with Crippen LogP contribution >= 0.6 is 11.3 Å². The second kappa shape index (κ2) is 5.05. The minimum atomic E-state index is -4.63. The fourth-order valence-electron chi connectivity index (χ4n) is 2.02. The fraction of sp³-hybridized carbons (Fsp3) is 0.727. The van der Waals surface area contributed by atoms with E-state index in [0.717, 1.165) is 43.7 Å². The van der Waals surface area contributed by atoms with Crippen molar-refractivity contribution >= 4 is 16.5 Å². The van der Waals surface area contributed by atoms with Gasteiger partial charge in [0, 0.05) is 13.1 Å². The SMILES string of the molecule is Cc1nc(N2CCCCC2)sc1[C@H](O)C(F)(F)F. The zero-order valence-electron chi connectivity index (χ0n) is 10.00. The van der Waals surface area contributed by atoms with Crippen molar-refractivity contribution in [2.24, 2.45) is 0 Å². The molecule has 0 amide bonds. The third-order valence-electron chi connectivity index (χ3n) is 3.01. The van der Waals surface area contributed by atoms with Crippen LogP contribution in [0.15, 0.2) is 0 Å². The Morgan fingerprint density at radius 2 is 1.89 bits per heavy atom. The second-order valence-corrected chi connectivity index (χ2v) is 5.45. The molecule has 1 atom stereocenters. The fourth-order valence-corrected chi connectivity index (χ4v) is 3.15. The van der Waals surface area contributed by atoms with Gasteiger partial charge in [-0.05, 0) is 26.2 Å². The van der Waals surface area contributed by atoms with Gasteiger partial charge in [-0.2, -0.15) is 13.2 Å². The first kappa shape index (κ1) is 13.6. The van der Waals surface area contributed by atoms with Crippen LogP contribution in [0, 0.1) is 6.92 Å². The highest BCUT2D eigenvalue weighted by atomic mass is 32.1. The van der Waals surface area contributed by atoms with Gasteiger partial charge in [0.25, 0.3) is 0 Å². The molecule has 2 heterocycles. The van der Waals surface area contributed by atoms with Crippen molar-refractivity contribution in [2.75, 3.05) is 18.0 Å². The largest absolute Gasteiger partial charge is 0.419 e. The molecule has 1 saturated heterocycles. The summed E-state index contributed by atoms with van der Waals surface area (Å²) in [5.41, 5.74) is 0.269. The number of aromatic nitrogens is 1. The molecule has 18 heavy (non-hydrogen) atoms. The molecular formula is C11H15F3N2OS. The van der Waals surface area contributed by atoms with Crippen LogP contribution in [0.1, 0.15) is 35.9 Å². The van der Waals surface area contributed by atoms with Crippen LogP contribution in [0.5, 0.6) is 0 Å². The van der Waals surface area contributed by atoms with Gasteiger partial charge < -0.3 is 10.0 Å². The number of nitrogens with zero attached hydrogens (tertiary/aromatic N) is 2. The highest BCUT2D eigenvalue weighted by molar-refractivity contribution is 7.15. The van der Waals surface area contributed by atoms with Crippen molar-refractivity contribution in [2.45, 2.75) is 38.5 Å². The number of anilines is 1. The highest BCUT2D eigenvalue weighted by Crippen LogP contribution is 2.39. The van der Waals surface area contributed by atoms with E-state index >= 15 is 0 Å². The monoisotopic (exact) mass is 280 g/mol. The molecule has 0 radical (unpaired) electrons. The van der Waals surface area contributed by atoms with Crippen molar-refractivity contribution in [3.63, 3.8) is 0 Å². The Bertz CT molecular complexity index is 413. The van der Waals surface area contributed by atoms with Gasteiger partial charge in [0.2, 0.25) is 0 Å². The van der Waals surface area contributed by atoms with Crippen molar-refractivity contribution in [1.29, 1.82) is 0 Å². The van der Waals surface area contributed by atoms with Gasteiger partial charge >= 0.3 is 6.18 Å². The molecule has 0 unspecified atom stereocenters. The number of piperidine rings is 1. The first-order valence-corrected chi connectivity index (χ1v) is 6.68. The standard InChI is InChI=1S/C11H15F3N2OS/c1-7-8(9(17)11(12,13)14)18-10(15-7)16-5-3-2-4-6-16/h9,17H,2-6H2,1H3/t9-/m0/s1. The second-order valence-electron chi connectivity index (χ2n) is 4.44.